The molecule has 0 atom stereocenters. The lowest BCUT2D eigenvalue weighted by Crippen LogP contribution is -2.28. The number of fused-ring (bicyclic) bond motifs is 1. The monoisotopic (exact) mass is 388 g/mol. The van der Waals surface area contributed by atoms with Crippen LogP contribution in [0.3, 0.4) is 0 Å². The van der Waals surface area contributed by atoms with Crippen LogP contribution in [0.2, 0.25) is 0 Å². The fourth-order valence-electron chi connectivity index (χ4n) is 2.91. The van der Waals surface area contributed by atoms with Crippen LogP contribution in [0.15, 0.2) is 0 Å². The summed E-state index contributed by atoms with van der Waals surface area (Å²) in [5.74, 6) is 2.38. The molecule has 0 unspecified atom stereocenters. The Morgan fingerprint density at radius 1 is 0.714 bits per heavy atom. The smallest absolute Gasteiger partial charge is 0.228 e. The summed E-state index contributed by atoms with van der Waals surface area (Å²) in [5, 5.41) is 6.75. The molecule has 0 aromatic carbocycles. The van der Waals surface area contributed by atoms with Crippen LogP contribution in [-0.4, -0.2) is 46.1 Å². The number of nitrogens with one attached hydrogen (secondary N) is 2. The number of hydrogen-bond acceptors (Lipinski definition) is 8. The second-order valence-electron chi connectivity index (χ2n) is 7.05. The predicted octanol–water partition coefficient (Wildman–Crippen LogP) is 4.05. The minimum atomic E-state index is 0.232. The standard InChI is InChI=1S/C20H36N8/c1-5-9-13-28(14-10-6-2)20-25-16-15(18(27-20)23-12-8-4)24-19(21)26-17(16)22-11-7-3/h5-14H2,1-4H3,(H,23,25,27)(H3,21,22,24,26). The average molecular weight is 389 g/mol. The van der Waals surface area contributed by atoms with E-state index in [0.717, 1.165) is 82.0 Å². The third kappa shape index (κ3) is 5.81. The van der Waals surface area contributed by atoms with Crippen LogP contribution in [0.25, 0.3) is 11.0 Å². The van der Waals surface area contributed by atoms with Gasteiger partial charge in [-0.15, -0.1) is 0 Å². The lowest BCUT2D eigenvalue weighted by molar-refractivity contribution is 0.664. The van der Waals surface area contributed by atoms with Crippen molar-refractivity contribution in [3.63, 3.8) is 0 Å². The molecule has 8 nitrogen and oxygen atoms in total. The number of nitrogens with zero attached hydrogens (tertiary/aromatic N) is 5. The highest BCUT2D eigenvalue weighted by atomic mass is 15.3. The molecule has 0 saturated carbocycles. The first-order chi connectivity index (χ1) is 13.6. The molecule has 28 heavy (non-hydrogen) atoms. The second-order valence-corrected chi connectivity index (χ2v) is 7.05. The van der Waals surface area contributed by atoms with Crippen molar-refractivity contribution in [2.75, 3.05) is 47.4 Å². The van der Waals surface area contributed by atoms with Crippen LogP contribution < -0.4 is 21.3 Å². The van der Waals surface area contributed by atoms with E-state index in [-0.39, 0.29) is 5.95 Å². The number of hydrogen-bond donors (Lipinski definition) is 3. The molecule has 2 heterocycles. The van der Waals surface area contributed by atoms with Crippen molar-refractivity contribution in [3.05, 3.63) is 0 Å². The fourth-order valence-corrected chi connectivity index (χ4v) is 2.91. The molecular weight excluding hydrogens is 352 g/mol. The first-order valence-electron chi connectivity index (χ1n) is 10.7. The van der Waals surface area contributed by atoms with Crippen molar-refractivity contribution in [2.45, 2.75) is 66.2 Å². The molecule has 2 aromatic heterocycles. The number of nitrogens with two attached hydrogens (primary N) is 1. The van der Waals surface area contributed by atoms with Gasteiger partial charge in [-0.3, -0.25) is 0 Å². The van der Waals surface area contributed by atoms with Crippen molar-refractivity contribution in [2.24, 2.45) is 0 Å². The summed E-state index contributed by atoms with van der Waals surface area (Å²) in [4.78, 5) is 20.8. The van der Waals surface area contributed by atoms with Crippen molar-refractivity contribution in [3.8, 4) is 0 Å². The Morgan fingerprint density at radius 3 is 1.79 bits per heavy atom. The zero-order chi connectivity index (χ0) is 20.4. The molecule has 2 aromatic rings. The van der Waals surface area contributed by atoms with Crippen molar-refractivity contribution in [1.82, 2.24) is 19.9 Å². The molecule has 0 bridgehead atoms. The van der Waals surface area contributed by atoms with Gasteiger partial charge in [0.25, 0.3) is 0 Å². The highest BCUT2D eigenvalue weighted by Crippen LogP contribution is 2.27. The maximum Gasteiger partial charge on any atom is 0.228 e. The Labute approximate surface area is 168 Å². The van der Waals surface area contributed by atoms with Crippen LogP contribution in [-0.2, 0) is 0 Å². The Hall–Kier alpha value is -2.38. The SMILES string of the molecule is CCCCN(CCCC)c1nc(NCCC)c2nc(N)nc(NCCC)c2n1. The van der Waals surface area contributed by atoms with E-state index >= 15 is 0 Å². The molecule has 0 aliphatic carbocycles. The molecular formula is C20H36N8. The van der Waals surface area contributed by atoms with Gasteiger partial charge in [-0.25, -0.2) is 9.97 Å². The van der Waals surface area contributed by atoms with Gasteiger partial charge in [0, 0.05) is 26.2 Å². The number of aromatic nitrogens is 4. The number of unbranched alkanes of at least 4 members (excludes halogenated alkanes) is 2. The molecule has 0 saturated heterocycles. The largest absolute Gasteiger partial charge is 0.368 e. The van der Waals surface area contributed by atoms with Crippen molar-refractivity contribution in [1.29, 1.82) is 0 Å². The Kier molecular flexibility index (Phi) is 8.97. The van der Waals surface area contributed by atoms with E-state index < -0.39 is 0 Å². The van der Waals surface area contributed by atoms with Crippen molar-refractivity contribution < 1.29 is 0 Å². The van der Waals surface area contributed by atoms with Crippen LogP contribution >= 0.6 is 0 Å². The predicted molar refractivity (Wildman–Crippen MR) is 119 cm³/mol. The molecule has 0 aliphatic rings. The molecule has 4 N–H and O–H groups in total. The Morgan fingerprint density at radius 2 is 1.25 bits per heavy atom. The van der Waals surface area contributed by atoms with Crippen LogP contribution in [0.4, 0.5) is 23.5 Å². The van der Waals surface area contributed by atoms with Crippen LogP contribution in [0.1, 0.15) is 66.2 Å². The summed E-state index contributed by atoms with van der Waals surface area (Å²) in [5.41, 5.74) is 7.37. The zero-order valence-corrected chi connectivity index (χ0v) is 17.9. The molecule has 2 rings (SSSR count). The van der Waals surface area contributed by atoms with E-state index in [2.05, 4.69) is 53.2 Å². The topological polar surface area (TPSA) is 105 Å². The van der Waals surface area contributed by atoms with Gasteiger partial charge in [-0.2, -0.15) is 9.97 Å². The highest BCUT2D eigenvalue weighted by molar-refractivity contribution is 5.94. The van der Waals surface area contributed by atoms with E-state index in [4.69, 9.17) is 15.7 Å². The molecule has 0 aliphatic heterocycles. The van der Waals surface area contributed by atoms with Gasteiger partial charge in [0.15, 0.2) is 11.6 Å². The first kappa shape index (κ1) is 21.9. The Bertz CT molecular complexity index is 726. The van der Waals surface area contributed by atoms with Gasteiger partial charge in [0.05, 0.1) is 0 Å². The molecule has 0 amide bonds. The Balaban J connectivity index is 2.56. The summed E-state index contributed by atoms with van der Waals surface area (Å²) in [7, 11) is 0. The van der Waals surface area contributed by atoms with Crippen LogP contribution in [0.5, 0.6) is 0 Å². The summed E-state index contributed by atoms with van der Waals surface area (Å²) >= 11 is 0. The van der Waals surface area contributed by atoms with E-state index in [1.165, 1.54) is 0 Å². The molecule has 156 valence electrons. The minimum Gasteiger partial charge on any atom is -0.368 e. The normalized spacial score (nSPS) is 11.0. The fraction of sp³-hybridized carbons (Fsp3) is 0.700. The summed E-state index contributed by atoms with van der Waals surface area (Å²) in [6, 6.07) is 0. The van der Waals surface area contributed by atoms with Crippen LogP contribution in [0, 0.1) is 0 Å². The van der Waals surface area contributed by atoms with Gasteiger partial charge < -0.3 is 21.3 Å². The maximum atomic E-state index is 5.97. The average Bonchev–Trinajstić information content (AvgIpc) is 2.70. The first-order valence-corrected chi connectivity index (χ1v) is 10.7. The van der Waals surface area contributed by atoms with Crippen molar-refractivity contribution >= 4 is 34.6 Å². The van der Waals surface area contributed by atoms with Gasteiger partial charge in [-0.1, -0.05) is 40.5 Å². The number of anilines is 4. The number of nitrogen functional groups attached to an aromatic ring is 1. The summed E-state index contributed by atoms with van der Waals surface area (Å²) in [6.07, 6.45) is 6.49. The highest BCUT2D eigenvalue weighted by Gasteiger charge is 2.18. The van der Waals surface area contributed by atoms with E-state index in [1.807, 2.05) is 0 Å². The summed E-state index contributed by atoms with van der Waals surface area (Å²) < 4.78 is 0. The number of rotatable bonds is 13. The van der Waals surface area contributed by atoms with Gasteiger partial charge in [-0.05, 0) is 25.7 Å². The van der Waals surface area contributed by atoms with Gasteiger partial charge >= 0.3 is 0 Å². The maximum absolute atomic E-state index is 5.97. The molecule has 0 spiro atoms. The zero-order valence-electron chi connectivity index (χ0n) is 17.9. The third-order valence-corrected chi connectivity index (χ3v) is 4.48. The lowest BCUT2D eigenvalue weighted by atomic mass is 10.2. The van der Waals surface area contributed by atoms with E-state index in [1.54, 1.807) is 0 Å². The van der Waals surface area contributed by atoms with Gasteiger partial charge in [0.2, 0.25) is 11.9 Å². The molecule has 8 heteroatoms. The minimum absolute atomic E-state index is 0.232. The third-order valence-electron chi connectivity index (χ3n) is 4.48. The quantitative estimate of drug-likeness (QED) is 0.472. The molecule has 0 fully saturated rings. The molecule has 0 radical (unpaired) electrons. The van der Waals surface area contributed by atoms with E-state index in [0.29, 0.717) is 11.3 Å². The second kappa shape index (κ2) is 11.5. The van der Waals surface area contributed by atoms with E-state index in [9.17, 15) is 0 Å². The summed E-state index contributed by atoms with van der Waals surface area (Å²) in [6.45, 7) is 12.2. The lowest BCUT2D eigenvalue weighted by Gasteiger charge is -2.24. The van der Waals surface area contributed by atoms with Gasteiger partial charge in [0.1, 0.15) is 11.0 Å².